The van der Waals surface area contributed by atoms with Crippen LogP contribution in [0.5, 0.6) is 0 Å². The van der Waals surface area contributed by atoms with Gasteiger partial charge in [-0.05, 0) is 38.5 Å². The van der Waals surface area contributed by atoms with Gasteiger partial charge in [-0.3, -0.25) is 10.00 Å². The number of carbonyl (C=O) groups is 1. The van der Waals surface area contributed by atoms with Crippen molar-refractivity contribution < 1.29 is 18.0 Å². The largest absolute Gasteiger partial charge is 0.394 e. The fourth-order valence-corrected chi connectivity index (χ4v) is 6.91. The Morgan fingerprint density at radius 2 is 1.53 bits per heavy atom. The molecule has 0 bridgehead atoms. The van der Waals surface area contributed by atoms with Gasteiger partial charge in [0.25, 0.3) is 0 Å². The second-order valence-electron chi connectivity index (χ2n) is 11.7. The lowest BCUT2D eigenvalue weighted by molar-refractivity contribution is -0.226. The molecule has 1 N–H and O–H groups in total. The third kappa shape index (κ3) is 2.93. The molecule has 3 saturated carbocycles. The van der Waals surface area contributed by atoms with Crippen LogP contribution in [0.2, 0.25) is 0 Å². The second kappa shape index (κ2) is 6.18. The minimum atomic E-state index is -4.05. The molecule has 174 valence electrons. The summed E-state index contributed by atoms with van der Waals surface area (Å²) in [4.78, 5) is 23.4. The van der Waals surface area contributed by atoms with Crippen LogP contribution in [0.1, 0.15) is 62.0 Å². The van der Waals surface area contributed by atoms with Gasteiger partial charge in [-0.15, -0.1) is 0 Å². The van der Waals surface area contributed by atoms with E-state index in [0.29, 0.717) is 11.8 Å². The number of carbonyl (C=O) groups excluding carboxylic acids is 1. The summed E-state index contributed by atoms with van der Waals surface area (Å²) in [6.07, 6.45) is 2.39. The third-order valence-electron chi connectivity index (χ3n) is 9.08. The van der Waals surface area contributed by atoms with E-state index in [0.717, 1.165) is 63.5 Å². The van der Waals surface area contributed by atoms with Crippen molar-refractivity contribution in [2.45, 2.75) is 62.6 Å². The predicted octanol–water partition coefficient (Wildman–Crippen LogP) is 2.94. The van der Waals surface area contributed by atoms with Crippen molar-refractivity contribution in [3.8, 4) is 0 Å². The molecule has 7 nitrogen and oxygen atoms in total. The summed E-state index contributed by atoms with van der Waals surface area (Å²) >= 11 is 0. The Kier molecular flexibility index (Phi) is 3.79. The normalized spacial score (nSPS) is 30.0. The second-order valence-corrected chi connectivity index (χ2v) is 11.7. The van der Waals surface area contributed by atoms with Crippen LogP contribution in [-0.4, -0.2) is 87.4 Å². The zero-order chi connectivity index (χ0) is 21.9. The van der Waals surface area contributed by atoms with E-state index in [2.05, 4.69) is 15.2 Å². The summed E-state index contributed by atoms with van der Waals surface area (Å²) in [6, 6.07) is 0.421. The predicted molar refractivity (Wildman–Crippen MR) is 108 cm³/mol. The summed E-state index contributed by atoms with van der Waals surface area (Å²) < 4.78 is 38.1. The number of aromatic amines is 1. The fraction of sp³-hybridized carbons (Fsp3) is 0.864. The average molecular weight is 451 g/mol. The number of aromatic nitrogens is 3. The molecule has 4 heterocycles. The number of nitrogens with one attached hydrogen (secondary N) is 1. The number of urea groups is 1. The number of amides is 2. The third-order valence-corrected chi connectivity index (χ3v) is 9.08. The number of hydrogen-bond donors (Lipinski definition) is 1. The first-order chi connectivity index (χ1) is 15.2. The Morgan fingerprint density at radius 1 is 0.938 bits per heavy atom. The average Bonchev–Trinajstić information content (AvgIpc) is 3.28. The minimum Gasteiger partial charge on any atom is -0.323 e. The van der Waals surface area contributed by atoms with E-state index >= 15 is 0 Å². The summed E-state index contributed by atoms with van der Waals surface area (Å²) in [5, 5.41) is 7.52. The van der Waals surface area contributed by atoms with Crippen LogP contribution >= 0.6 is 0 Å². The Hall–Kier alpha value is -1.84. The molecule has 6 fully saturated rings. The first-order valence-electron chi connectivity index (χ1n) is 12.0. The molecule has 3 aliphatic carbocycles. The van der Waals surface area contributed by atoms with Crippen molar-refractivity contribution >= 4 is 6.03 Å². The molecule has 6 aliphatic rings. The van der Waals surface area contributed by atoms with Crippen LogP contribution in [0.25, 0.3) is 0 Å². The van der Waals surface area contributed by atoms with Crippen LogP contribution < -0.4 is 0 Å². The highest BCUT2D eigenvalue weighted by atomic mass is 19.4. The molecule has 7 rings (SSSR count). The maximum Gasteiger partial charge on any atom is 0.394 e. The Balaban J connectivity index is 0.839. The highest BCUT2D eigenvalue weighted by Gasteiger charge is 2.61. The summed E-state index contributed by atoms with van der Waals surface area (Å²) in [7, 11) is 0. The minimum absolute atomic E-state index is 0.142. The summed E-state index contributed by atoms with van der Waals surface area (Å²) in [5.74, 6) is 1.87. The number of alkyl halides is 3. The van der Waals surface area contributed by atoms with Gasteiger partial charge in [-0.2, -0.15) is 18.3 Å². The zero-order valence-corrected chi connectivity index (χ0v) is 18.1. The van der Waals surface area contributed by atoms with Crippen LogP contribution in [0.3, 0.4) is 0 Å². The topological polar surface area (TPSA) is 68.4 Å². The molecule has 3 saturated heterocycles. The first-order valence-corrected chi connectivity index (χ1v) is 12.0. The molecule has 0 radical (unpaired) electrons. The van der Waals surface area contributed by atoms with E-state index in [-0.39, 0.29) is 36.0 Å². The lowest BCUT2D eigenvalue weighted by atomic mass is 9.57. The van der Waals surface area contributed by atoms with E-state index in [9.17, 15) is 18.0 Å². The Labute approximate surface area is 184 Å². The van der Waals surface area contributed by atoms with Gasteiger partial charge in [0.15, 0.2) is 5.82 Å². The molecular formula is C22H29F3N6O. The van der Waals surface area contributed by atoms with E-state index in [1.54, 1.807) is 0 Å². The lowest BCUT2D eigenvalue weighted by Crippen LogP contribution is -2.73. The van der Waals surface area contributed by atoms with Gasteiger partial charge in [0, 0.05) is 68.0 Å². The molecule has 0 unspecified atom stereocenters. The molecule has 10 heteroatoms. The molecule has 2 amide bonds. The van der Waals surface area contributed by atoms with Gasteiger partial charge in [0.05, 0.1) is 5.92 Å². The smallest absolute Gasteiger partial charge is 0.323 e. The summed E-state index contributed by atoms with van der Waals surface area (Å²) in [6.45, 7) is 3.51. The first kappa shape index (κ1) is 19.6. The standard InChI is InChI=1S/C22H29F3N6O/c23-22(24,25)15-7-29(8-15)16-5-21(6-16)11-31(12-21)19(32)30-9-20(10-30)3-14(4-20)18-26-17(27-28-18)13-1-2-13/h13-16H,1-12H2,(H,26,27,28). The highest BCUT2D eigenvalue weighted by Crippen LogP contribution is 2.57. The van der Waals surface area contributed by atoms with E-state index in [4.69, 9.17) is 0 Å². The highest BCUT2D eigenvalue weighted by molar-refractivity contribution is 5.77. The van der Waals surface area contributed by atoms with Gasteiger partial charge in [0.1, 0.15) is 5.82 Å². The zero-order valence-electron chi connectivity index (χ0n) is 18.1. The maximum atomic E-state index is 12.8. The SMILES string of the molecule is O=C(N1CC2(CC(c3n[nH]c(C4CC4)n3)C2)C1)N1CC2(CC(N3CC(C(F)(F)F)C3)C2)C1. The number of likely N-dealkylation sites (tertiary alicyclic amines) is 3. The van der Waals surface area contributed by atoms with Gasteiger partial charge < -0.3 is 9.80 Å². The van der Waals surface area contributed by atoms with E-state index in [1.807, 2.05) is 14.7 Å². The number of halogens is 3. The van der Waals surface area contributed by atoms with Crippen LogP contribution in [0, 0.1) is 16.7 Å². The van der Waals surface area contributed by atoms with Crippen molar-refractivity contribution in [1.82, 2.24) is 29.9 Å². The van der Waals surface area contributed by atoms with Gasteiger partial charge in [-0.25, -0.2) is 9.78 Å². The molecule has 3 aliphatic heterocycles. The Morgan fingerprint density at radius 3 is 2.09 bits per heavy atom. The molecule has 1 aromatic rings. The fourth-order valence-electron chi connectivity index (χ4n) is 6.91. The molecule has 1 aromatic heterocycles. The van der Waals surface area contributed by atoms with Crippen molar-refractivity contribution in [1.29, 1.82) is 0 Å². The maximum absolute atomic E-state index is 12.8. The van der Waals surface area contributed by atoms with Crippen molar-refractivity contribution in [2.24, 2.45) is 16.7 Å². The number of hydrogen-bond acceptors (Lipinski definition) is 4. The van der Waals surface area contributed by atoms with Gasteiger partial charge >= 0.3 is 12.2 Å². The molecule has 32 heavy (non-hydrogen) atoms. The van der Waals surface area contributed by atoms with E-state index < -0.39 is 12.1 Å². The van der Waals surface area contributed by atoms with Crippen molar-refractivity contribution in [3.05, 3.63) is 11.6 Å². The quantitative estimate of drug-likeness (QED) is 0.769. The number of rotatable bonds is 3. The Bertz CT molecular complexity index is 924. The molecular weight excluding hydrogens is 421 g/mol. The number of nitrogens with zero attached hydrogens (tertiary/aromatic N) is 5. The van der Waals surface area contributed by atoms with Gasteiger partial charge in [0.2, 0.25) is 0 Å². The van der Waals surface area contributed by atoms with Gasteiger partial charge in [-0.1, -0.05) is 0 Å². The monoisotopic (exact) mass is 450 g/mol. The van der Waals surface area contributed by atoms with Crippen LogP contribution in [0.15, 0.2) is 0 Å². The van der Waals surface area contributed by atoms with Crippen molar-refractivity contribution in [2.75, 3.05) is 39.3 Å². The number of H-pyrrole nitrogens is 1. The lowest BCUT2D eigenvalue weighted by Gasteiger charge is -2.65. The van der Waals surface area contributed by atoms with E-state index in [1.165, 1.54) is 12.8 Å². The summed E-state index contributed by atoms with van der Waals surface area (Å²) in [5.41, 5.74) is 0.427. The van der Waals surface area contributed by atoms with Crippen LogP contribution in [-0.2, 0) is 0 Å². The van der Waals surface area contributed by atoms with Crippen molar-refractivity contribution in [3.63, 3.8) is 0 Å². The molecule has 2 spiro atoms. The molecule has 0 aromatic carbocycles. The van der Waals surface area contributed by atoms with Crippen LogP contribution in [0.4, 0.5) is 18.0 Å². The molecule has 0 atom stereocenters.